The first-order valence-electron chi connectivity index (χ1n) is 7.19. The molecule has 0 aliphatic carbocycles. The average molecular weight is 321 g/mol. The Labute approximate surface area is 136 Å². The monoisotopic (exact) mass is 320 g/mol. The Balaban J connectivity index is 2.06. The lowest BCUT2D eigenvalue weighted by Gasteiger charge is -2.09. The van der Waals surface area contributed by atoms with E-state index in [0.717, 1.165) is 35.3 Å². The maximum atomic E-state index is 6.25. The van der Waals surface area contributed by atoms with Crippen LogP contribution in [0.15, 0.2) is 35.2 Å². The van der Waals surface area contributed by atoms with Crippen LogP contribution in [0.5, 0.6) is 0 Å². The van der Waals surface area contributed by atoms with Crippen molar-refractivity contribution in [3.8, 4) is 0 Å². The minimum Gasteiger partial charge on any atom is -0.370 e. The molecule has 1 aromatic carbocycles. The van der Waals surface area contributed by atoms with Gasteiger partial charge in [0.2, 0.25) is 0 Å². The largest absolute Gasteiger partial charge is 0.370 e. The number of thioether (sulfide) groups is 1. The van der Waals surface area contributed by atoms with Crippen LogP contribution >= 0.6 is 23.4 Å². The molecule has 0 saturated carbocycles. The number of aromatic nitrogens is 1. The molecule has 1 aromatic heterocycles. The van der Waals surface area contributed by atoms with Crippen LogP contribution in [0.25, 0.3) is 0 Å². The molecule has 2 aromatic rings. The second-order valence-corrected chi connectivity index (χ2v) is 6.54. The Morgan fingerprint density at radius 2 is 1.95 bits per heavy atom. The minimum absolute atomic E-state index is 0.730. The maximum absolute atomic E-state index is 6.25. The van der Waals surface area contributed by atoms with Crippen LogP contribution in [0.2, 0.25) is 5.02 Å². The zero-order valence-corrected chi connectivity index (χ0v) is 14.3. The van der Waals surface area contributed by atoms with Crippen LogP contribution < -0.4 is 5.32 Å². The summed E-state index contributed by atoms with van der Waals surface area (Å²) in [5.41, 5.74) is 3.57. The number of benzene rings is 1. The first kappa shape index (κ1) is 16.2. The number of hydrogen-bond donors (Lipinski definition) is 1. The van der Waals surface area contributed by atoms with Crippen molar-refractivity contribution in [3.63, 3.8) is 0 Å². The molecule has 0 unspecified atom stereocenters. The van der Waals surface area contributed by atoms with Gasteiger partial charge in [-0.15, -0.1) is 11.8 Å². The molecule has 0 radical (unpaired) electrons. The molecule has 21 heavy (non-hydrogen) atoms. The van der Waals surface area contributed by atoms with E-state index in [2.05, 4.69) is 49.3 Å². The number of aryl methyl sites for hydroxylation is 2. The lowest BCUT2D eigenvalue weighted by molar-refractivity contribution is 0.965. The van der Waals surface area contributed by atoms with Gasteiger partial charge in [-0.1, -0.05) is 24.6 Å². The quantitative estimate of drug-likeness (QED) is 0.715. The maximum Gasteiger partial charge on any atom is 0.126 e. The van der Waals surface area contributed by atoms with E-state index in [0.29, 0.717) is 0 Å². The van der Waals surface area contributed by atoms with Gasteiger partial charge in [-0.3, -0.25) is 0 Å². The Morgan fingerprint density at radius 1 is 1.14 bits per heavy atom. The number of pyridine rings is 1. The number of anilines is 1. The third-order valence-electron chi connectivity index (χ3n) is 3.33. The fourth-order valence-corrected chi connectivity index (χ4v) is 3.09. The van der Waals surface area contributed by atoms with Crippen LogP contribution in [0.1, 0.15) is 30.2 Å². The lowest BCUT2D eigenvalue weighted by Crippen LogP contribution is -2.03. The summed E-state index contributed by atoms with van der Waals surface area (Å²) in [6.07, 6.45) is 1.08. The Hall–Kier alpha value is -1.19. The van der Waals surface area contributed by atoms with Gasteiger partial charge in [0.05, 0.1) is 10.7 Å². The first-order chi connectivity index (χ1) is 10.1. The minimum atomic E-state index is 0.730. The molecule has 112 valence electrons. The molecular formula is C17H21ClN2S. The van der Waals surface area contributed by atoms with Crippen molar-refractivity contribution in [2.75, 3.05) is 11.9 Å². The van der Waals surface area contributed by atoms with Gasteiger partial charge in [0, 0.05) is 17.2 Å². The molecular weight excluding hydrogens is 300 g/mol. The Kier molecular flexibility index (Phi) is 5.95. The summed E-state index contributed by atoms with van der Waals surface area (Å²) >= 11 is 8.02. The van der Waals surface area contributed by atoms with Crippen LogP contribution in [-0.4, -0.2) is 11.5 Å². The van der Waals surface area contributed by atoms with E-state index in [4.69, 9.17) is 11.6 Å². The highest BCUT2D eigenvalue weighted by Crippen LogP contribution is 2.27. The highest BCUT2D eigenvalue weighted by atomic mass is 35.5. The van der Waals surface area contributed by atoms with E-state index in [1.54, 1.807) is 11.8 Å². The number of hydrogen-bond acceptors (Lipinski definition) is 3. The zero-order valence-electron chi connectivity index (χ0n) is 12.7. The third kappa shape index (κ3) is 4.65. The summed E-state index contributed by atoms with van der Waals surface area (Å²) in [4.78, 5) is 5.85. The van der Waals surface area contributed by atoms with Crippen LogP contribution in [0.4, 0.5) is 5.82 Å². The van der Waals surface area contributed by atoms with Gasteiger partial charge >= 0.3 is 0 Å². The standard InChI is InChI=1S/C17H21ClN2S/c1-4-9-19-17-8-7-15(18)16(20-17)11-21-14-6-5-12(2)13(3)10-14/h5-8,10H,4,9,11H2,1-3H3,(H,19,20). The summed E-state index contributed by atoms with van der Waals surface area (Å²) < 4.78 is 0. The molecule has 0 spiro atoms. The molecule has 0 aliphatic heterocycles. The van der Waals surface area contributed by atoms with Crippen LogP contribution in [-0.2, 0) is 5.75 Å². The molecule has 1 heterocycles. The number of nitrogens with zero attached hydrogens (tertiary/aromatic N) is 1. The molecule has 0 saturated heterocycles. The van der Waals surface area contributed by atoms with Gasteiger partial charge < -0.3 is 5.32 Å². The van der Waals surface area contributed by atoms with E-state index in [1.165, 1.54) is 16.0 Å². The summed E-state index contributed by atoms with van der Waals surface area (Å²) in [6, 6.07) is 10.4. The van der Waals surface area contributed by atoms with Gasteiger partial charge in [-0.05, 0) is 55.7 Å². The van der Waals surface area contributed by atoms with Crippen molar-refractivity contribution >= 4 is 29.2 Å². The smallest absolute Gasteiger partial charge is 0.126 e. The van der Waals surface area contributed by atoms with Gasteiger partial charge in [0.15, 0.2) is 0 Å². The predicted molar refractivity (Wildman–Crippen MR) is 93.5 cm³/mol. The molecule has 0 amide bonds. The van der Waals surface area contributed by atoms with E-state index >= 15 is 0 Å². The first-order valence-corrected chi connectivity index (χ1v) is 8.56. The Morgan fingerprint density at radius 3 is 2.67 bits per heavy atom. The van der Waals surface area contributed by atoms with Gasteiger partial charge in [0.25, 0.3) is 0 Å². The zero-order chi connectivity index (χ0) is 15.2. The number of nitrogens with one attached hydrogen (secondary N) is 1. The van der Waals surface area contributed by atoms with E-state index in [1.807, 2.05) is 12.1 Å². The molecule has 2 nitrogen and oxygen atoms in total. The number of rotatable bonds is 6. The summed E-state index contributed by atoms with van der Waals surface area (Å²) in [5, 5.41) is 4.03. The van der Waals surface area contributed by atoms with E-state index in [9.17, 15) is 0 Å². The van der Waals surface area contributed by atoms with Gasteiger partial charge in [0.1, 0.15) is 5.82 Å². The van der Waals surface area contributed by atoms with Crippen LogP contribution in [0, 0.1) is 13.8 Å². The third-order valence-corrected chi connectivity index (χ3v) is 4.68. The lowest BCUT2D eigenvalue weighted by atomic mass is 10.1. The molecule has 1 N–H and O–H groups in total. The van der Waals surface area contributed by atoms with Crippen LogP contribution in [0.3, 0.4) is 0 Å². The van der Waals surface area contributed by atoms with Crippen molar-refractivity contribution in [2.45, 2.75) is 37.8 Å². The normalized spacial score (nSPS) is 10.7. The number of halogens is 1. The molecule has 0 aliphatic rings. The van der Waals surface area contributed by atoms with Crippen molar-refractivity contribution in [1.29, 1.82) is 0 Å². The molecule has 4 heteroatoms. The molecule has 0 atom stereocenters. The SMILES string of the molecule is CCCNc1ccc(Cl)c(CSc2ccc(C)c(C)c2)n1. The second kappa shape index (κ2) is 7.71. The summed E-state index contributed by atoms with van der Waals surface area (Å²) in [6.45, 7) is 7.34. The summed E-state index contributed by atoms with van der Waals surface area (Å²) in [5.74, 6) is 1.68. The second-order valence-electron chi connectivity index (χ2n) is 5.09. The van der Waals surface area contributed by atoms with E-state index in [-0.39, 0.29) is 0 Å². The van der Waals surface area contributed by atoms with Crippen molar-refractivity contribution < 1.29 is 0 Å². The van der Waals surface area contributed by atoms with Crippen molar-refractivity contribution in [3.05, 3.63) is 52.2 Å². The predicted octanol–water partition coefficient (Wildman–Crippen LogP) is 5.47. The average Bonchev–Trinajstić information content (AvgIpc) is 2.48. The highest BCUT2D eigenvalue weighted by Gasteiger charge is 2.06. The molecule has 0 bridgehead atoms. The topological polar surface area (TPSA) is 24.9 Å². The fraction of sp³-hybridized carbons (Fsp3) is 0.353. The van der Waals surface area contributed by atoms with Crippen molar-refractivity contribution in [1.82, 2.24) is 4.98 Å². The molecule has 2 rings (SSSR count). The molecule has 0 fully saturated rings. The van der Waals surface area contributed by atoms with E-state index < -0.39 is 0 Å². The van der Waals surface area contributed by atoms with Crippen molar-refractivity contribution in [2.24, 2.45) is 0 Å². The Bertz CT molecular complexity index is 614. The highest BCUT2D eigenvalue weighted by molar-refractivity contribution is 7.98. The fourth-order valence-electron chi connectivity index (χ4n) is 1.89. The van der Waals surface area contributed by atoms with Gasteiger partial charge in [-0.2, -0.15) is 0 Å². The summed E-state index contributed by atoms with van der Waals surface area (Å²) in [7, 11) is 0. The van der Waals surface area contributed by atoms with Gasteiger partial charge in [-0.25, -0.2) is 4.98 Å².